The van der Waals surface area contributed by atoms with Crippen molar-refractivity contribution < 1.29 is 14.5 Å². The van der Waals surface area contributed by atoms with Crippen molar-refractivity contribution in [2.24, 2.45) is 0 Å². The molecule has 0 unspecified atom stereocenters. The predicted octanol–water partition coefficient (Wildman–Crippen LogP) is 4.05. The number of nitro groups is 1. The summed E-state index contributed by atoms with van der Waals surface area (Å²) in [4.78, 5) is 27.7. The fourth-order valence-electron chi connectivity index (χ4n) is 2.24. The molecule has 23 heavy (non-hydrogen) atoms. The molecule has 0 aliphatic carbocycles. The number of hydrogen-bond acceptors (Lipinski definition) is 6. The number of fused-ring (bicyclic) bond motifs is 1. The molecule has 0 atom stereocenters. The lowest BCUT2D eigenvalue weighted by Gasteiger charge is -2.08. The van der Waals surface area contributed by atoms with Crippen LogP contribution in [-0.4, -0.2) is 22.5 Å². The third kappa shape index (κ3) is 2.91. The van der Waals surface area contributed by atoms with Crippen LogP contribution < -0.4 is 0 Å². The van der Waals surface area contributed by atoms with Crippen LogP contribution in [0.5, 0.6) is 0 Å². The molecule has 0 N–H and O–H groups in total. The van der Waals surface area contributed by atoms with Gasteiger partial charge in [-0.1, -0.05) is 29.5 Å². The molecule has 3 aromatic rings. The van der Waals surface area contributed by atoms with Gasteiger partial charge in [-0.2, -0.15) is 0 Å². The predicted molar refractivity (Wildman–Crippen MR) is 87.7 cm³/mol. The van der Waals surface area contributed by atoms with Crippen LogP contribution in [0.3, 0.4) is 0 Å². The van der Waals surface area contributed by atoms with Gasteiger partial charge >= 0.3 is 11.0 Å². The van der Waals surface area contributed by atoms with Gasteiger partial charge in [0.2, 0.25) is 0 Å². The maximum atomic E-state index is 12.2. The molecule has 0 fully saturated rings. The Bertz CT molecular complexity index is 904. The molecule has 2 aromatic heterocycles. The summed E-state index contributed by atoms with van der Waals surface area (Å²) in [5, 5.41) is 11.6. The monoisotopic (exact) mass is 328 g/mol. The molecule has 3 rings (SSSR count). The van der Waals surface area contributed by atoms with Gasteiger partial charge in [0, 0.05) is 11.5 Å². The number of pyridine rings is 1. The first-order valence-corrected chi connectivity index (χ1v) is 7.73. The van der Waals surface area contributed by atoms with E-state index in [0.717, 1.165) is 11.3 Å². The summed E-state index contributed by atoms with van der Waals surface area (Å²) in [7, 11) is 0. The van der Waals surface area contributed by atoms with Gasteiger partial charge in [-0.05, 0) is 25.1 Å². The molecule has 6 nitrogen and oxygen atoms in total. The Morgan fingerprint density at radius 2 is 2.09 bits per heavy atom. The third-order valence-corrected chi connectivity index (χ3v) is 4.30. The molecule has 1 aromatic carbocycles. The molecule has 0 aliphatic rings. The second kappa shape index (κ2) is 6.13. The van der Waals surface area contributed by atoms with E-state index in [2.05, 4.69) is 4.98 Å². The molecule has 0 amide bonds. The van der Waals surface area contributed by atoms with Crippen LogP contribution in [0.25, 0.3) is 21.5 Å². The summed E-state index contributed by atoms with van der Waals surface area (Å²) in [5.41, 5.74) is 1.57. The van der Waals surface area contributed by atoms with Gasteiger partial charge in [-0.25, -0.2) is 9.78 Å². The lowest BCUT2D eigenvalue weighted by Crippen LogP contribution is -2.06. The van der Waals surface area contributed by atoms with Crippen molar-refractivity contribution in [1.29, 1.82) is 0 Å². The van der Waals surface area contributed by atoms with E-state index in [9.17, 15) is 14.9 Å². The van der Waals surface area contributed by atoms with E-state index in [0.29, 0.717) is 27.0 Å². The number of hydrogen-bond donors (Lipinski definition) is 0. The SMILES string of the molecule is CCOC(=O)c1cc(-c2ccc([N+](=O)[O-])s2)nc2ccccc12. The van der Waals surface area contributed by atoms with E-state index in [-0.39, 0.29) is 11.6 Å². The fourth-order valence-corrected chi connectivity index (χ4v) is 3.02. The van der Waals surface area contributed by atoms with Gasteiger partial charge in [0.05, 0.1) is 33.2 Å². The molecule has 0 bridgehead atoms. The zero-order valence-electron chi connectivity index (χ0n) is 12.2. The second-order valence-electron chi connectivity index (χ2n) is 4.69. The number of rotatable bonds is 4. The van der Waals surface area contributed by atoms with Crippen molar-refractivity contribution in [3.8, 4) is 10.6 Å². The summed E-state index contributed by atoms with van der Waals surface area (Å²) in [5.74, 6) is -0.432. The summed E-state index contributed by atoms with van der Waals surface area (Å²) in [6.07, 6.45) is 0. The molecule has 0 saturated heterocycles. The van der Waals surface area contributed by atoms with E-state index >= 15 is 0 Å². The average Bonchev–Trinajstić information content (AvgIpc) is 3.04. The van der Waals surface area contributed by atoms with E-state index in [1.54, 1.807) is 31.2 Å². The molecule has 7 heteroatoms. The van der Waals surface area contributed by atoms with E-state index in [4.69, 9.17) is 4.74 Å². The number of aromatic nitrogens is 1. The highest BCUT2D eigenvalue weighted by Gasteiger charge is 2.17. The Balaban J connectivity index is 2.17. The summed E-state index contributed by atoms with van der Waals surface area (Å²) in [6.45, 7) is 2.01. The van der Waals surface area contributed by atoms with Gasteiger partial charge in [0.1, 0.15) is 0 Å². The largest absolute Gasteiger partial charge is 0.462 e. The summed E-state index contributed by atoms with van der Waals surface area (Å²) < 4.78 is 5.10. The Labute approximate surface area is 135 Å². The number of esters is 1. The Hall–Kier alpha value is -2.80. The number of ether oxygens (including phenoxy) is 1. The van der Waals surface area contributed by atoms with Crippen LogP contribution in [0, 0.1) is 10.1 Å². The number of benzene rings is 1. The van der Waals surface area contributed by atoms with Crippen LogP contribution in [0.1, 0.15) is 17.3 Å². The molecule has 0 spiro atoms. The highest BCUT2D eigenvalue weighted by atomic mass is 32.1. The molecular formula is C16H12N2O4S. The number of para-hydroxylation sites is 1. The standard InChI is InChI=1S/C16H12N2O4S/c1-2-22-16(19)11-9-13(14-7-8-15(23-14)18(20)21)17-12-6-4-3-5-10(11)12/h3-9H,2H2,1H3. The van der Waals surface area contributed by atoms with Crippen LogP contribution in [0.4, 0.5) is 5.00 Å². The molecule has 0 saturated carbocycles. The minimum Gasteiger partial charge on any atom is -0.462 e. The maximum Gasteiger partial charge on any atom is 0.338 e. The molecular weight excluding hydrogens is 316 g/mol. The highest BCUT2D eigenvalue weighted by Crippen LogP contribution is 2.33. The van der Waals surface area contributed by atoms with E-state index < -0.39 is 10.9 Å². The number of thiophene rings is 1. The Kier molecular flexibility index (Phi) is 4.03. The first-order chi connectivity index (χ1) is 11.1. The van der Waals surface area contributed by atoms with E-state index in [1.807, 2.05) is 12.1 Å². The Morgan fingerprint density at radius 1 is 1.30 bits per heavy atom. The zero-order valence-corrected chi connectivity index (χ0v) is 13.0. The molecule has 116 valence electrons. The van der Waals surface area contributed by atoms with Gasteiger partial charge in [-0.3, -0.25) is 10.1 Å². The van der Waals surface area contributed by atoms with Crippen molar-refractivity contribution >= 4 is 33.2 Å². The number of carbonyl (C=O) groups excluding carboxylic acids is 1. The van der Waals surface area contributed by atoms with Crippen molar-refractivity contribution in [2.45, 2.75) is 6.92 Å². The fraction of sp³-hybridized carbons (Fsp3) is 0.125. The summed E-state index contributed by atoms with van der Waals surface area (Å²) in [6, 6.07) is 11.9. The highest BCUT2D eigenvalue weighted by molar-refractivity contribution is 7.18. The topological polar surface area (TPSA) is 82.3 Å². The van der Waals surface area contributed by atoms with E-state index in [1.165, 1.54) is 6.07 Å². The first-order valence-electron chi connectivity index (χ1n) is 6.91. The van der Waals surface area contributed by atoms with Crippen LogP contribution in [-0.2, 0) is 4.74 Å². The van der Waals surface area contributed by atoms with Crippen LogP contribution in [0.2, 0.25) is 0 Å². The number of carbonyl (C=O) groups is 1. The van der Waals surface area contributed by atoms with Crippen molar-refractivity contribution in [3.63, 3.8) is 0 Å². The molecule has 2 heterocycles. The van der Waals surface area contributed by atoms with Gasteiger partial charge in [0.15, 0.2) is 0 Å². The Morgan fingerprint density at radius 3 is 2.78 bits per heavy atom. The summed E-state index contributed by atoms with van der Waals surface area (Å²) >= 11 is 1.02. The van der Waals surface area contributed by atoms with Crippen molar-refractivity contribution in [3.05, 3.63) is 58.1 Å². The molecule has 0 radical (unpaired) electrons. The van der Waals surface area contributed by atoms with Crippen LogP contribution in [0.15, 0.2) is 42.5 Å². The zero-order chi connectivity index (χ0) is 16.4. The third-order valence-electron chi connectivity index (χ3n) is 3.24. The van der Waals surface area contributed by atoms with Gasteiger partial charge in [0.25, 0.3) is 0 Å². The lowest BCUT2D eigenvalue weighted by atomic mass is 10.1. The smallest absolute Gasteiger partial charge is 0.338 e. The van der Waals surface area contributed by atoms with Crippen molar-refractivity contribution in [2.75, 3.05) is 6.61 Å². The van der Waals surface area contributed by atoms with Crippen LogP contribution >= 0.6 is 11.3 Å². The number of nitrogens with zero attached hydrogens (tertiary/aromatic N) is 2. The van der Waals surface area contributed by atoms with Gasteiger partial charge in [-0.15, -0.1) is 0 Å². The molecule has 0 aliphatic heterocycles. The first kappa shape index (κ1) is 15.1. The minimum absolute atomic E-state index is 0.0349. The average molecular weight is 328 g/mol. The lowest BCUT2D eigenvalue weighted by molar-refractivity contribution is -0.380. The minimum atomic E-state index is -0.443. The van der Waals surface area contributed by atoms with Crippen molar-refractivity contribution in [1.82, 2.24) is 4.98 Å². The quantitative estimate of drug-likeness (QED) is 0.410. The van der Waals surface area contributed by atoms with Gasteiger partial charge < -0.3 is 4.74 Å². The second-order valence-corrected chi connectivity index (χ2v) is 5.75. The maximum absolute atomic E-state index is 12.2. The normalized spacial score (nSPS) is 10.7.